The number of nitrogen functional groups attached to an aromatic ring is 2. The Kier molecular flexibility index (Phi) is 6.95. The van der Waals surface area contributed by atoms with Crippen molar-refractivity contribution in [2.24, 2.45) is 0 Å². The lowest BCUT2D eigenvalue weighted by Gasteiger charge is -2.27. The zero-order chi connectivity index (χ0) is 30.1. The highest BCUT2D eigenvalue weighted by Crippen LogP contribution is 2.53. The average Bonchev–Trinajstić information content (AvgIpc) is 3.72. The molecular weight excluding hydrogens is 618 g/mol. The van der Waals surface area contributed by atoms with Crippen molar-refractivity contribution < 1.29 is 51.6 Å². The van der Waals surface area contributed by atoms with Gasteiger partial charge in [0.15, 0.2) is 29.2 Å². The molecular formula is C20H24N10O11P2. The topological polar surface area (TPSA) is 289 Å². The van der Waals surface area contributed by atoms with Crippen LogP contribution in [0.3, 0.4) is 0 Å². The van der Waals surface area contributed by atoms with Crippen molar-refractivity contribution in [3.05, 3.63) is 25.3 Å². The first kappa shape index (κ1) is 28.6. The lowest BCUT2D eigenvalue weighted by molar-refractivity contribution is -0.0662. The van der Waals surface area contributed by atoms with Crippen LogP contribution in [-0.4, -0.2) is 97.7 Å². The minimum atomic E-state index is -4.90. The SMILES string of the molecule is Nc1ncnc2c1ncn2[C@@H]1O[C@@H]2COP(=O)(O)O[C@H]3C[C@H](n4cnc5c(N)ncnc54)O[C@@H]3COP(=O)(O)O[C@H]2[C@H]1O. The number of nitrogens with zero attached hydrogens (tertiary/aromatic N) is 8. The molecule has 0 aliphatic carbocycles. The molecule has 7 rings (SSSR count). The van der Waals surface area contributed by atoms with Gasteiger partial charge in [0.1, 0.15) is 60.4 Å². The Hall–Kier alpha value is -3.20. The number of aromatic nitrogens is 8. The summed E-state index contributed by atoms with van der Waals surface area (Å²) < 4.78 is 61.9. The largest absolute Gasteiger partial charge is 0.472 e. The van der Waals surface area contributed by atoms with Crippen LogP contribution in [0, 0.1) is 0 Å². The third-order valence-electron chi connectivity index (χ3n) is 7.18. The molecule has 3 aliphatic heterocycles. The normalized spacial score (nSPS) is 37.1. The second kappa shape index (κ2) is 10.5. The van der Waals surface area contributed by atoms with Crippen molar-refractivity contribution >= 4 is 49.6 Å². The number of anilines is 2. The zero-order valence-electron chi connectivity index (χ0n) is 21.7. The van der Waals surface area contributed by atoms with Crippen LogP contribution in [0.2, 0.25) is 0 Å². The van der Waals surface area contributed by atoms with Gasteiger partial charge in [-0.05, 0) is 0 Å². The number of ether oxygens (including phenoxy) is 2. The molecule has 0 aromatic carbocycles. The van der Waals surface area contributed by atoms with E-state index in [0.29, 0.717) is 11.2 Å². The van der Waals surface area contributed by atoms with E-state index < -0.39 is 71.8 Å². The number of phosphoric ester groups is 2. The van der Waals surface area contributed by atoms with Crippen LogP contribution in [0.15, 0.2) is 25.3 Å². The molecule has 3 aliphatic rings. The predicted molar refractivity (Wildman–Crippen MR) is 139 cm³/mol. The highest BCUT2D eigenvalue weighted by molar-refractivity contribution is 7.47. The molecule has 2 unspecified atom stereocenters. The first-order chi connectivity index (χ1) is 20.5. The molecule has 23 heteroatoms. The fraction of sp³-hybridized carbons (Fsp3) is 0.500. The second-order valence-corrected chi connectivity index (χ2v) is 12.6. The molecule has 3 fully saturated rings. The second-order valence-electron chi connectivity index (χ2n) is 9.83. The molecule has 43 heavy (non-hydrogen) atoms. The Morgan fingerprint density at radius 2 is 1.35 bits per heavy atom. The van der Waals surface area contributed by atoms with E-state index in [9.17, 15) is 24.0 Å². The maximum absolute atomic E-state index is 13.0. The van der Waals surface area contributed by atoms with Gasteiger partial charge >= 0.3 is 15.6 Å². The van der Waals surface area contributed by atoms with Crippen LogP contribution >= 0.6 is 15.6 Å². The molecule has 230 valence electrons. The van der Waals surface area contributed by atoms with E-state index in [1.165, 1.54) is 34.4 Å². The summed E-state index contributed by atoms with van der Waals surface area (Å²) in [5.74, 6) is 0.206. The first-order valence-electron chi connectivity index (χ1n) is 12.7. The van der Waals surface area contributed by atoms with Gasteiger partial charge in [0, 0.05) is 6.42 Å². The minimum absolute atomic E-state index is 0.0318. The number of hydrogen-bond acceptors (Lipinski definition) is 17. The molecule has 21 nitrogen and oxygen atoms in total. The monoisotopic (exact) mass is 642 g/mol. The number of hydrogen-bond donors (Lipinski definition) is 5. The molecule has 0 spiro atoms. The van der Waals surface area contributed by atoms with Crippen LogP contribution in [0.5, 0.6) is 0 Å². The van der Waals surface area contributed by atoms with Gasteiger partial charge < -0.3 is 35.8 Å². The van der Waals surface area contributed by atoms with Gasteiger partial charge in [-0.25, -0.2) is 39.0 Å². The van der Waals surface area contributed by atoms with E-state index in [-0.39, 0.29) is 29.2 Å². The van der Waals surface area contributed by atoms with Crippen LogP contribution in [0.25, 0.3) is 22.3 Å². The number of fused-ring (bicyclic) bond motifs is 4. The Bertz CT molecular complexity index is 1790. The van der Waals surface area contributed by atoms with Gasteiger partial charge in [-0.2, -0.15) is 0 Å². The summed E-state index contributed by atoms with van der Waals surface area (Å²) in [6, 6.07) is 0. The lowest BCUT2D eigenvalue weighted by Crippen LogP contribution is -2.37. The Morgan fingerprint density at radius 3 is 2.02 bits per heavy atom. The Balaban J connectivity index is 1.15. The molecule has 9 atom stereocenters. The number of phosphoric acid groups is 2. The predicted octanol–water partition coefficient (Wildman–Crippen LogP) is -0.606. The molecule has 0 amide bonds. The fourth-order valence-corrected chi connectivity index (χ4v) is 7.13. The van der Waals surface area contributed by atoms with Crippen LogP contribution in [0.1, 0.15) is 18.9 Å². The van der Waals surface area contributed by atoms with Gasteiger partial charge in [0.05, 0.1) is 25.9 Å². The Morgan fingerprint density at radius 1 is 0.767 bits per heavy atom. The summed E-state index contributed by atoms with van der Waals surface area (Å²) in [5.41, 5.74) is 12.7. The van der Waals surface area contributed by atoms with E-state index in [2.05, 4.69) is 29.9 Å². The molecule has 4 aromatic heterocycles. The third kappa shape index (κ3) is 5.17. The van der Waals surface area contributed by atoms with Gasteiger partial charge in [0.25, 0.3) is 0 Å². The lowest BCUT2D eigenvalue weighted by atomic mass is 10.1. The van der Waals surface area contributed by atoms with Crippen molar-refractivity contribution in [2.75, 3.05) is 24.7 Å². The summed E-state index contributed by atoms with van der Waals surface area (Å²) in [4.78, 5) is 45.5. The number of rotatable bonds is 2. The van der Waals surface area contributed by atoms with Crippen molar-refractivity contribution in [2.45, 2.75) is 49.4 Å². The smallest absolute Gasteiger partial charge is 0.386 e. The molecule has 7 N–H and O–H groups in total. The van der Waals surface area contributed by atoms with Crippen molar-refractivity contribution in [3.63, 3.8) is 0 Å². The zero-order valence-corrected chi connectivity index (χ0v) is 23.5. The van der Waals surface area contributed by atoms with Gasteiger partial charge in [-0.1, -0.05) is 0 Å². The van der Waals surface area contributed by atoms with Crippen molar-refractivity contribution in [3.8, 4) is 0 Å². The van der Waals surface area contributed by atoms with E-state index in [0.717, 1.165) is 0 Å². The van der Waals surface area contributed by atoms with E-state index in [4.69, 9.17) is 39.0 Å². The van der Waals surface area contributed by atoms with Crippen molar-refractivity contribution in [1.29, 1.82) is 0 Å². The molecule has 4 aromatic rings. The van der Waals surface area contributed by atoms with Crippen LogP contribution < -0.4 is 11.5 Å². The fourth-order valence-electron chi connectivity index (χ4n) is 5.20. The maximum Gasteiger partial charge on any atom is 0.472 e. The summed E-state index contributed by atoms with van der Waals surface area (Å²) in [6.45, 7) is -1.31. The van der Waals surface area contributed by atoms with Crippen LogP contribution in [-0.2, 0) is 36.7 Å². The van der Waals surface area contributed by atoms with Gasteiger partial charge in [-0.3, -0.25) is 27.2 Å². The van der Waals surface area contributed by atoms with Gasteiger partial charge in [-0.15, -0.1) is 0 Å². The quantitative estimate of drug-likeness (QED) is 0.170. The summed E-state index contributed by atoms with van der Waals surface area (Å²) in [7, 11) is -9.71. The molecule has 3 saturated heterocycles. The van der Waals surface area contributed by atoms with E-state index in [1.54, 1.807) is 0 Å². The van der Waals surface area contributed by atoms with E-state index >= 15 is 0 Å². The average molecular weight is 642 g/mol. The number of imidazole rings is 2. The summed E-state index contributed by atoms with van der Waals surface area (Å²) >= 11 is 0. The van der Waals surface area contributed by atoms with Gasteiger partial charge in [0.2, 0.25) is 0 Å². The molecule has 0 radical (unpaired) electrons. The number of aliphatic hydroxyl groups excluding tert-OH is 1. The number of aliphatic hydroxyl groups is 1. The minimum Gasteiger partial charge on any atom is -0.386 e. The highest BCUT2D eigenvalue weighted by atomic mass is 31.2. The standard InChI is InChI=1S/C20H24N10O11P2/c21-16-12-18(25-4-23-16)29(6-27-12)11-1-8-9(38-11)2-36-43(34,35)41-15-10(3-37-42(32,33)40-8)39-20(14(15)31)30-7-28-13-17(22)24-5-26-19(13)30/h4-11,14-15,20,31H,1-3H2,(H,32,33)(H,34,35)(H2,21,23,25)(H2,22,24,26)/t8-,9+,10+,11+,14+,15+,20+/m0/s1. The van der Waals surface area contributed by atoms with E-state index in [1.807, 2.05) is 0 Å². The molecule has 0 saturated carbocycles. The third-order valence-corrected chi connectivity index (χ3v) is 9.17. The number of nitrogens with two attached hydrogens (primary N) is 2. The first-order valence-corrected chi connectivity index (χ1v) is 15.7. The van der Waals surface area contributed by atoms with Crippen molar-refractivity contribution in [1.82, 2.24) is 39.0 Å². The summed E-state index contributed by atoms with van der Waals surface area (Å²) in [6.07, 6.45) is -3.95. The Labute approximate surface area is 239 Å². The molecule has 7 heterocycles. The highest BCUT2D eigenvalue weighted by Gasteiger charge is 2.52. The molecule has 0 bridgehead atoms. The van der Waals surface area contributed by atoms with Crippen LogP contribution in [0.4, 0.5) is 11.6 Å². The maximum atomic E-state index is 13.0. The summed E-state index contributed by atoms with van der Waals surface area (Å²) in [5, 5.41) is 11.1.